The van der Waals surface area contributed by atoms with E-state index in [4.69, 9.17) is 5.11 Å². The average Bonchev–Trinajstić information content (AvgIpc) is 2.56. The van der Waals surface area contributed by atoms with Crippen LogP contribution in [0.2, 0.25) is 0 Å². The molecule has 0 aliphatic carbocycles. The molecule has 25 heavy (non-hydrogen) atoms. The van der Waals surface area contributed by atoms with Crippen molar-refractivity contribution in [1.29, 1.82) is 0 Å². The van der Waals surface area contributed by atoms with E-state index in [9.17, 15) is 8.78 Å². The molecule has 1 radical (unpaired) electrons. The van der Waals surface area contributed by atoms with Crippen molar-refractivity contribution in [2.45, 2.75) is 6.92 Å². The van der Waals surface area contributed by atoms with Gasteiger partial charge in [0, 0.05) is 32.5 Å². The minimum Gasteiger partial charge on any atom is -0.506 e. The summed E-state index contributed by atoms with van der Waals surface area (Å²) in [7, 11) is 0. The molecule has 131 valence electrons. The Balaban J connectivity index is 0.000000270. The molecule has 4 nitrogen and oxygen atoms in total. The van der Waals surface area contributed by atoms with Gasteiger partial charge in [0.05, 0.1) is 0 Å². The van der Waals surface area contributed by atoms with Gasteiger partial charge in [0.15, 0.2) is 0 Å². The van der Waals surface area contributed by atoms with Gasteiger partial charge < -0.3 is 10.1 Å². The minimum atomic E-state index is -0.895. The van der Waals surface area contributed by atoms with E-state index < -0.39 is 11.9 Å². The molecular formula is C18H14F2IrN3O-. The number of rotatable bonds is 2. The molecule has 7 heteroatoms. The van der Waals surface area contributed by atoms with E-state index in [0.717, 1.165) is 11.6 Å². The number of aliphatic hydroxyl groups excluding tert-OH is 1. The van der Waals surface area contributed by atoms with Crippen LogP contribution in [0.25, 0.3) is 17.0 Å². The average molecular weight is 519 g/mol. The summed E-state index contributed by atoms with van der Waals surface area (Å²) < 4.78 is 25.8. The van der Waals surface area contributed by atoms with E-state index in [-0.39, 0.29) is 31.4 Å². The minimum absolute atomic E-state index is 0. The van der Waals surface area contributed by atoms with Crippen LogP contribution in [0.5, 0.6) is 0 Å². The van der Waals surface area contributed by atoms with Gasteiger partial charge in [-0.15, -0.1) is 6.07 Å². The van der Waals surface area contributed by atoms with Crippen LogP contribution in [-0.4, -0.2) is 20.1 Å². The Morgan fingerprint density at radius 1 is 1.16 bits per heavy atom. The molecule has 0 spiro atoms. The standard InChI is InChI=1S/C11H7F2N2.C7H7NO.Ir/c1-7-4-5-14-9(6-7)8-2-3-10(12)15-11(8)13;1-6(9)7-4-2-3-5-8-7;/h3-6H,1H3;2-5,9H,1H2;/q-1;;. The van der Waals surface area contributed by atoms with E-state index in [1.807, 2.05) is 6.92 Å². The van der Waals surface area contributed by atoms with Crippen molar-refractivity contribution in [3.63, 3.8) is 0 Å². The first-order valence-electron chi connectivity index (χ1n) is 6.93. The molecular weight excluding hydrogens is 504 g/mol. The van der Waals surface area contributed by atoms with Crippen molar-refractivity contribution < 1.29 is 34.0 Å². The summed E-state index contributed by atoms with van der Waals surface area (Å²) in [5.74, 6) is -1.77. The Labute approximate surface area is 157 Å². The molecule has 0 fully saturated rings. The van der Waals surface area contributed by atoms with E-state index in [1.165, 1.54) is 0 Å². The van der Waals surface area contributed by atoms with E-state index >= 15 is 0 Å². The first kappa shape index (κ1) is 20.5. The van der Waals surface area contributed by atoms with Crippen molar-refractivity contribution in [2.75, 3.05) is 0 Å². The van der Waals surface area contributed by atoms with Crippen LogP contribution < -0.4 is 0 Å². The Hall–Kier alpha value is -2.50. The van der Waals surface area contributed by atoms with Gasteiger partial charge in [-0.2, -0.15) is 0 Å². The summed E-state index contributed by atoms with van der Waals surface area (Å²) >= 11 is 0. The summed E-state index contributed by atoms with van der Waals surface area (Å²) in [5, 5.41) is 8.77. The smallest absolute Gasteiger partial charge is 0.134 e. The van der Waals surface area contributed by atoms with E-state index in [1.54, 1.807) is 42.7 Å². The van der Waals surface area contributed by atoms with Crippen LogP contribution in [0.1, 0.15) is 11.3 Å². The number of aliphatic hydroxyl groups is 1. The number of aryl methyl sites for hydroxylation is 1. The maximum atomic E-state index is 13.2. The third-order valence-electron chi connectivity index (χ3n) is 2.88. The Morgan fingerprint density at radius 3 is 2.44 bits per heavy atom. The molecule has 3 heterocycles. The van der Waals surface area contributed by atoms with E-state index in [0.29, 0.717) is 11.4 Å². The molecule has 0 aromatic carbocycles. The first-order chi connectivity index (χ1) is 11.5. The number of aromatic nitrogens is 3. The third kappa shape index (κ3) is 6.14. The van der Waals surface area contributed by atoms with Crippen LogP contribution in [0.3, 0.4) is 0 Å². The zero-order chi connectivity index (χ0) is 17.5. The normalized spacial score (nSPS) is 9.40. The molecule has 0 atom stereocenters. The van der Waals surface area contributed by atoms with Crippen molar-refractivity contribution in [2.24, 2.45) is 0 Å². The molecule has 3 aromatic rings. The first-order valence-corrected chi connectivity index (χ1v) is 6.93. The molecule has 0 bridgehead atoms. The number of nitrogens with zero attached hydrogens (tertiary/aromatic N) is 3. The fraction of sp³-hybridized carbons (Fsp3) is 0.0556. The maximum Gasteiger partial charge on any atom is 0.134 e. The predicted octanol–water partition coefficient (Wildman–Crippen LogP) is 4.14. The summed E-state index contributed by atoms with van der Waals surface area (Å²) in [6.45, 7) is 5.18. The zero-order valence-electron chi connectivity index (χ0n) is 13.2. The van der Waals surface area contributed by atoms with Crippen molar-refractivity contribution in [3.05, 3.63) is 84.6 Å². The van der Waals surface area contributed by atoms with Crippen molar-refractivity contribution in [3.8, 4) is 11.3 Å². The van der Waals surface area contributed by atoms with Crippen LogP contribution in [0.4, 0.5) is 8.78 Å². The summed E-state index contributed by atoms with van der Waals surface area (Å²) in [6.07, 6.45) is 3.16. The molecule has 3 aromatic heterocycles. The van der Waals surface area contributed by atoms with Gasteiger partial charge in [0.1, 0.15) is 23.3 Å². The fourth-order valence-electron chi connectivity index (χ4n) is 1.76. The summed E-state index contributed by atoms with van der Waals surface area (Å²) in [4.78, 5) is 10.9. The number of hydrogen-bond acceptors (Lipinski definition) is 4. The SMILES string of the molecule is C=C(O)c1ccccn1.Cc1ccnc(-c2[c-]cc(F)nc2F)c1.[Ir]. The second kappa shape index (κ2) is 9.71. The van der Waals surface area contributed by atoms with Gasteiger partial charge in [-0.25, -0.2) is 8.78 Å². The molecule has 0 aliphatic heterocycles. The monoisotopic (exact) mass is 519 g/mol. The fourth-order valence-corrected chi connectivity index (χ4v) is 1.76. The van der Waals surface area contributed by atoms with E-state index in [2.05, 4.69) is 27.6 Å². The summed E-state index contributed by atoms with van der Waals surface area (Å²) in [5.41, 5.74) is 1.95. The van der Waals surface area contributed by atoms with Gasteiger partial charge in [-0.05, 0) is 30.8 Å². The molecule has 1 N–H and O–H groups in total. The quantitative estimate of drug-likeness (QED) is 0.315. The molecule has 0 amide bonds. The predicted molar refractivity (Wildman–Crippen MR) is 86.9 cm³/mol. The molecule has 0 unspecified atom stereocenters. The Bertz CT molecular complexity index is 845. The molecule has 0 saturated carbocycles. The van der Waals surface area contributed by atoms with Crippen molar-refractivity contribution >= 4 is 5.76 Å². The topological polar surface area (TPSA) is 58.9 Å². The van der Waals surface area contributed by atoms with Crippen LogP contribution >= 0.6 is 0 Å². The maximum absolute atomic E-state index is 13.2. The number of hydrogen-bond donors (Lipinski definition) is 1. The summed E-state index contributed by atoms with van der Waals surface area (Å²) in [6, 6.07) is 12.2. The van der Waals surface area contributed by atoms with Gasteiger partial charge in [-0.3, -0.25) is 9.97 Å². The van der Waals surface area contributed by atoms with Gasteiger partial charge in [0.2, 0.25) is 0 Å². The number of halogens is 2. The zero-order valence-corrected chi connectivity index (χ0v) is 15.6. The van der Waals surface area contributed by atoms with Gasteiger partial charge in [0.25, 0.3) is 0 Å². The largest absolute Gasteiger partial charge is 0.506 e. The third-order valence-corrected chi connectivity index (χ3v) is 2.88. The van der Waals surface area contributed by atoms with Crippen LogP contribution in [0.15, 0.2) is 55.4 Å². The molecule has 0 saturated heterocycles. The second-order valence-corrected chi connectivity index (χ2v) is 4.77. The number of pyridine rings is 3. The van der Waals surface area contributed by atoms with Crippen LogP contribution in [0, 0.1) is 24.9 Å². The Kier molecular flexibility index (Phi) is 7.98. The Morgan fingerprint density at radius 2 is 1.92 bits per heavy atom. The van der Waals surface area contributed by atoms with Gasteiger partial charge >= 0.3 is 0 Å². The second-order valence-electron chi connectivity index (χ2n) is 4.77. The van der Waals surface area contributed by atoms with Crippen molar-refractivity contribution in [1.82, 2.24) is 15.0 Å². The molecule has 0 aliphatic rings. The molecule has 3 rings (SSSR count). The van der Waals surface area contributed by atoms with Gasteiger partial charge in [-0.1, -0.05) is 35.9 Å². The van der Waals surface area contributed by atoms with Crippen LogP contribution in [-0.2, 0) is 20.1 Å².